The van der Waals surface area contributed by atoms with Crippen LogP contribution in [0.25, 0.3) is 0 Å². The van der Waals surface area contributed by atoms with E-state index in [0.717, 1.165) is 33.4 Å². The Kier molecular flexibility index (Phi) is 7.83. The molecule has 0 saturated carbocycles. The first-order valence-electron chi connectivity index (χ1n) is 3.69. The van der Waals surface area contributed by atoms with Crippen LogP contribution in [0.1, 0.15) is 0 Å². The number of methoxy groups -OCH3 is 1. The lowest BCUT2D eigenvalue weighted by molar-refractivity contribution is 0.0279. The van der Waals surface area contributed by atoms with E-state index >= 15 is 0 Å². The van der Waals surface area contributed by atoms with E-state index in [4.69, 9.17) is 14.6 Å². The highest BCUT2D eigenvalue weighted by atomic mass is 16.5. The van der Waals surface area contributed by atoms with Crippen LogP contribution in [0.5, 0.6) is 0 Å². The van der Waals surface area contributed by atoms with Gasteiger partial charge in [-0.3, -0.25) is 0 Å². The number of aliphatic hydroxyl groups is 1. The monoisotopic (exact) mass is 163 g/mol. The maximum Gasteiger partial charge on any atom is 0.0928 e. The molecule has 1 aliphatic heterocycles. The lowest BCUT2D eigenvalue weighted by Gasteiger charge is -2.09. The smallest absolute Gasteiger partial charge is 0.0928 e. The van der Waals surface area contributed by atoms with Crippen molar-refractivity contribution in [3.63, 3.8) is 0 Å². The molecular weight excluding hydrogens is 146 g/mol. The fourth-order valence-corrected chi connectivity index (χ4v) is 0.832. The molecule has 2 N–H and O–H groups in total. The van der Waals surface area contributed by atoms with Gasteiger partial charge in [0.05, 0.1) is 19.3 Å². The minimum atomic E-state index is 0.243. The van der Waals surface area contributed by atoms with E-state index in [2.05, 4.69) is 5.32 Å². The third-order valence-corrected chi connectivity index (χ3v) is 1.43. The van der Waals surface area contributed by atoms with Crippen LogP contribution in [0.15, 0.2) is 0 Å². The second-order valence-electron chi connectivity index (χ2n) is 2.14. The SMILES string of the molecule is CO.COC1CNCCOC1. The van der Waals surface area contributed by atoms with Crippen LogP contribution in [0, 0.1) is 0 Å². The van der Waals surface area contributed by atoms with Gasteiger partial charge in [0, 0.05) is 27.3 Å². The van der Waals surface area contributed by atoms with Crippen LogP contribution < -0.4 is 5.32 Å². The maximum atomic E-state index is 7.00. The van der Waals surface area contributed by atoms with Crippen molar-refractivity contribution >= 4 is 0 Å². The second kappa shape index (κ2) is 7.94. The van der Waals surface area contributed by atoms with Gasteiger partial charge < -0.3 is 19.9 Å². The fraction of sp³-hybridized carbons (Fsp3) is 1.00. The van der Waals surface area contributed by atoms with Crippen LogP contribution in [0.3, 0.4) is 0 Å². The van der Waals surface area contributed by atoms with Gasteiger partial charge in [-0.05, 0) is 0 Å². The molecule has 1 unspecified atom stereocenters. The van der Waals surface area contributed by atoms with E-state index in [-0.39, 0.29) is 6.10 Å². The molecule has 0 aromatic rings. The van der Waals surface area contributed by atoms with Crippen molar-refractivity contribution in [2.45, 2.75) is 6.10 Å². The number of hydrogen-bond acceptors (Lipinski definition) is 4. The lowest BCUT2D eigenvalue weighted by Crippen LogP contribution is -2.28. The summed E-state index contributed by atoms with van der Waals surface area (Å²) in [6.45, 7) is 3.39. The minimum Gasteiger partial charge on any atom is -0.400 e. The van der Waals surface area contributed by atoms with Gasteiger partial charge in [0.2, 0.25) is 0 Å². The quantitative estimate of drug-likeness (QED) is 0.533. The molecule has 1 saturated heterocycles. The number of aliphatic hydroxyl groups excluding tert-OH is 1. The summed E-state index contributed by atoms with van der Waals surface area (Å²) in [4.78, 5) is 0. The summed E-state index contributed by atoms with van der Waals surface area (Å²) in [5, 5.41) is 10.2. The summed E-state index contributed by atoms with van der Waals surface area (Å²) < 4.78 is 10.3. The Morgan fingerprint density at radius 3 is 2.91 bits per heavy atom. The lowest BCUT2D eigenvalue weighted by atomic mass is 10.4. The Morgan fingerprint density at radius 2 is 2.27 bits per heavy atom. The normalized spacial score (nSPS) is 24.8. The largest absolute Gasteiger partial charge is 0.400 e. The third kappa shape index (κ3) is 5.15. The van der Waals surface area contributed by atoms with E-state index in [1.54, 1.807) is 7.11 Å². The van der Waals surface area contributed by atoms with E-state index in [9.17, 15) is 0 Å². The standard InChI is InChI=1S/C6H13NO2.CH4O/c1-8-6-4-7-2-3-9-5-6;1-2/h6-7H,2-5H2,1H3;2H,1H3. The van der Waals surface area contributed by atoms with E-state index in [1.165, 1.54) is 0 Å². The van der Waals surface area contributed by atoms with Crippen molar-refractivity contribution in [3.8, 4) is 0 Å². The van der Waals surface area contributed by atoms with Crippen molar-refractivity contribution in [2.75, 3.05) is 40.5 Å². The minimum absolute atomic E-state index is 0.243. The molecule has 0 bridgehead atoms. The molecule has 1 rings (SSSR count). The van der Waals surface area contributed by atoms with Gasteiger partial charge in [-0.15, -0.1) is 0 Å². The number of ether oxygens (including phenoxy) is 2. The van der Waals surface area contributed by atoms with E-state index < -0.39 is 0 Å². The molecule has 1 atom stereocenters. The molecule has 1 heterocycles. The van der Waals surface area contributed by atoms with Crippen LogP contribution >= 0.6 is 0 Å². The summed E-state index contributed by atoms with van der Waals surface area (Å²) in [6, 6.07) is 0. The molecule has 0 aliphatic carbocycles. The van der Waals surface area contributed by atoms with Gasteiger partial charge in [-0.2, -0.15) is 0 Å². The molecule has 0 aromatic carbocycles. The highest BCUT2D eigenvalue weighted by Crippen LogP contribution is 1.92. The first kappa shape index (κ1) is 10.8. The number of nitrogens with one attached hydrogen (secondary N) is 1. The molecule has 1 fully saturated rings. The second-order valence-corrected chi connectivity index (χ2v) is 2.14. The van der Waals surface area contributed by atoms with Crippen LogP contribution in [-0.4, -0.2) is 51.7 Å². The first-order valence-corrected chi connectivity index (χ1v) is 3.69. The van der Waals surface area contributed by atoms with Gasteiger partial charge in [0.15, 0.2) is 0 Å². The first-order chi connectivity index (χ1) is 5.43. The highest BCUT2D eigenvalue weighted by molar-refractivity contribution is 4.63. The molecular formula is C7H17NO3. The Bertz CT molecular complexity index is 72.1. The van der Waals surface area contributed by atoms with Gasteiger partial charge in [0.1, 0.15) is 0 Å². The number of hydrogen-bond donors (Lipinski definition) is 2. The molecule has 1 aliphatic rings. The van der Waals surface area contributed by atoms with Crippen LogP contribution in [0.4, 0.5) is 0 Å². The molecule has 0 radical (unpaired) electrons. The predicted octanol–water partition coefficient (Wildman–Crippen LogP) is -0.770. The van der Waals surface area contributed by atoms with E-state index in [0.29, 0.717) is 0 Å². The average Bonchev–Trinajstić information content (AvgIpc) is 2.35. The molecule has 0 aromatic heterocycles. The summed E-state index contributed by atoms with van der Waals surface area (Å²) >= 11 is 0. The summed E-state index contributed by atoms with van der Waals surface area (Å²) in [5.41, 5.74) is 0. The predicted molar refractivity (Wildman–Crippen MR) is 42.6 cm³/mol. The Hall–Kier alpha value is -0.160. The average molecular weight is 163 g/mol. The van der Waals surface area contributed by atoms with Gasteiger partial charge in [-0.1, -0.05) is 0 Å². The molecule has 4 heteroatoms. The zero-order valence-corrected chi connectivity index (χ0v) is 7.17. The van der Waals surface area contributed by atoms with Crippen molar-refractivity contribution in [1.29, 1.82) is 0 Å². The Labute approximate surface area is 67.5 Å². The summed E-state index contributed by atoms with van der Waals surface area (Å²) in [6.07, 6.45) is 0.243. The third-order valence-electron chi connectivity index (χ3n) is 1.43. The molecule has 11 heavy (non-hydrogen) atoms. The highest BCUT2D eigenvalue weighted by Gasteiger charge is 2.09. The molecule has 0 spiro atoms. The topological polar surface area (TPSA) is 50.7 Å². The van der Waals surface area contributed by atoms with Crippen molar-refractivity contribution in [3.05, 3.63) is 0 Å². The summed E-state index contributed by atoms with van der Waals surface area (Å²) in [5.74, 6) is 0. The van der Waals surface area contributed by atoms with Crippen molar-refractivity contribution < 1.29 is 14.6 Å². The van der Waals surface area contributed by atoms with Crippen molar-refractivity contribution in [2.24, 2.45) is 0 Å². The maximum absolute atomic E-state index is 7.00. The Balaban J connectivity index is 0.000000461. The van der Waals surface area contributed by atoms with E-state index in [1.807, 2.05) is 0 Å². The molecule has 4 nitrogen and oxygen atoms in total. The van der Waals surface area contributed by atoms with Crippen LogP contribution in [0.2, 0.25) is 0 Å². The Morgan fingerprint density at radius 1 is 1.55 bits per heavy atom. The van der Waals surface area contributed by atoms with Gasteiger partial charge in [-0.25, -0.2) is 0 Å². The van der Waals surface area contributed by atoms with Crippen LogP contribution in [-0.2, 0) is 9.47 Å². The van der Waals surface area contributed by atoms with Crippen molar-refractivity contribution in [1.82, 2.24) is 5.32 Å². The van der Waals surface area contributed by atoms with Gasteiger partial charge in [0.25, 0.3) is 0 Å². The summed E-state index contributed by atoms with van der Waals surface area (Å²) in [7, 11) is 2.71. The fourth-order valence-electron chi connectivity index (χ4n) is 0.832. The zero-order chi connectivity index (χ0) is 8.53. The van der Waals surface area contributed by atoms with Gasteiger partial charge >= 0.3 is 0 Å². The number of rotatable bonds is 1. The zero-order valence-electron chi connectivity index (χ0n) is 7.17. The molecule has 68 valence electrons. The molecule has 0 amide bonds.